The molecule has 0 amide bonds. The second kappa shape index (κ2) is 3.28. The molecular formula is C7H9NO3S2. The van der Waals surface area contributed by atoms with E-state index in [0.29, 0.717) is 5.56 Å². The van der Waals surface area contributed by atoms with E-state index >= 15 is 0 Å². The molecule has 1 unspecified atom stereocenters. The van der Waals surface area contributed by atoms with Gasteiger partial charge in [0.05, 0.1) is 0 Å². The van der Waals surface area contributed by atoms with Gasteiger partial charge in [-0.25, -0.2) is 0 Å². The maximum atomic E-state index is 10.9. The van der Waals surface area contributed by atoms with Crippen LogP contribution in [0.3, 0.4) is 0 Å². The van der Waals surface area contributed by atoms with Crippen LogP contribution in [0.2, 0.25) is 0 Å². The van der Waals surface area contributed by atoms with Crippen molar-refractivity contribution >= 4 is 22.7 Å². The number of rotatable bonds is 2. The minimum atomic E-state index is -4.22. The fourth-order valence-corrected chi connectivity index (χ4v) is 1.39. The third-order valence-corrected chi connectivity index (χ3v) is 3.91. The van der Waals surface area contributed by atoms with Gasteiger partial charge in [0.2, 0.25) is 0 Å². The molecule has 0 aromatic carbocycles. The van der Waals surface area contributed by atoms with Gasteiger partial charge in [-0.2, -0.15) is 8.42 Å². The second-order valence-corrected chi connectivity index (χ2v) is 5.66. The highest BCUT2D eigenvalue weighted by molar-refractivity contribution is 8.02. The van der Waals surface area contributed by atoms with Crippen LogP contribution in [0, 0.1) is 0 Å². The molecule has 4 nitrogen and oxygen atoms in total. The summed E-state index contributed by atoms with van der Waals surface area (Å²) in [7, 11) is -4.22. The molecule has 0 saturated heterocycles. The molecule has 0 aliphatic carbocycles. The predicted molar refractivity (Wildman–Crippen MR) is 52.1 cm³/mol. The van der Waals surface area contributed by atoms with Crippen LogP contribution in [0.4, 0.5) is 0 Å². The molecule has 6 heteroatoms. The van der Waals surface area contributed by atoms with E-state index in [1.807, 2.05) is 0 Å². The highest BCUT2D eigenvalue weighted by Gasteiger charge is 2.35. The first-order valence-corrected chi connectivity index (χ1v) is 5.34. The van der Waals surface area contributed by atoms with Crippen LogP contribution in [-0.4, -0.2) is 18.0 Å². The molecule has 1 rings (SSSR count). The van der Waals surface area contributed by atoms with E-state index < -0.39 is 14.2 Å². The van der Waals surface area contributed by atoms with Gasteiger partial charge in [-0.3, -0.25) is 9.54 Å². The summed E-state index contributed by atoms with van der Waals surface area (Å²) in [5, 5.41) is 0. The minimum Gasteiger partial charge on any atom is -0.284 e. The van der Waals surface area contributed by atoms with Crippen molar-refractivity contribution < 1.29 is 13.0 Å². The van der Waals surface area contributed by atoms with Gasteiger partial charge in [0, 0.05) is 12.4 Å². The zero-order valence-electron chi connectivity index (χ0n) is 6.88. The van der Waals surface area contributed by atoms with Gasteiger partial charge in [0.1, 0.15) is 0 Å². The Balaban J connectivity index is 3.24. The highest BCUT2D eigenvalue weighted by Crippen LogP contribution is 2.32. The average molecular weight is 219 g/mol. The van der Waals surface area contributed by atoms with Gasteiger partial charge >= 0.3 is 0 Å². The Morgan fingerprint density at radius 1 is 1.46 bits per heavy atom. The van der Waals surface area contributed by atoms with Crippen molar-refractivity contribution in [3.05, 3.63) is 30.1 Å². The Labute approximate surface area is 82.2 Å². The molecule has 0 fully saturated rings. The van der Waals surface area contributed by atoms with Gasteiger partial charge in [-0.15, -0.1) is 12.6 Å². The quantitative estimate of drug-likeness (QED) is 0.577. The van der Waals surface area contributed by atoms with Gasteiger partial charge in [-0.05, 0) is 24.6 Å². The summed E-state index contributed by atoms with van der Waals surface area (Å²) in [4.78, 5) is 3.73. The average Bonchev–Trinajstić information content (AvgIpc) is 2.04. The maximum absolute atomic E-state index is 10.9. The smallest absolute Gasteiger partial charge is 0.283 e. The summed E-state index contributed by atoms with van der Waals surface area (Å²) in [5.74, 6) is 0. The van der Waals surface area contributed by atoms with Crippen molar-refractivity contribution in [2.75, 3.05) is 0 Å². The summed E-state index contributed by atoms with van der Waals surface area (Å²) in [6, 6.07) is 2.97. The van der Waals surface area contributed by atoms with Crippen LogP contribution in [-0.2, 0) is 14.2 Å². The Morgan fingerprint density at radius 2 is 1.92 bits per heavy atom. The lowest BCUT2D eigenvalue weighted by Gasteiger charge is -2.19. The Bertz CT molecular complexity index is 385. The van der Waals surface area contributed by atoms with Crippen LogP contribution < -0.4 is 0 Å². The van der Waals surface area contributed by atoms with E-state index in [2.05, 4.69) is 17.6 Å². The number of pyridine rings is 1. The third-order valence-electron chi connectivity index (χ3n) is 1.72. The molecule has 1 atom stereocenters. The Hall–Kier alpha value is -0.590. The summed E-state index contributed by atoms with van der Waals surface area (Å²) >= 11 is 3.89. The van der Waals surface area contributed by atoms with Crippen molar-refractivity contribution in [3.63, 3.8) is 0 Å². The number of nitrogens with zero attached hydrogens (tertiary/aromatic N) is 1. The monoisotopic (exact) mass is 219 g/mol. The number of thiol groups is 1. The Kier molecular flexibility index (Phi) is 2.65. The normalized spacial score (nSPS) is 16.5. The van der Waals surface area contributed by atoms with Crippen LogP contribution in [0.25, 0.3) is 0 Å². The van der Waals surface area contributed by atoms with Crippen LogP contribution >= 0.6 is 12.6 Å². The SMILES string of the molecule is CC(S)(c1ccncc1)S(=O)(=O)O. The topological polar surface area (TPSA) is 67.3 Å². The van der Waals surface area contributed by atoms with Crippen LogP contribution in [0.1, 0.15) is 12.5 Å². The molecule has 0 aliphatic heterocycles. The number of aromatic nitrogens is 1. The third kappa shape index (κ3) is 2.01. The molecule has 0 saturated carbocycles. The molecule has 1 heterocycles. The summed E-state index contributed by atoms with van der Waals surface area (Å²) < 4.78 is 29.1. The second-order valence-electron chi connectivity index (χ2n) is 2.69. The fourth-order valence-electron chi connectivity index (χ4n) is 0.810. The largest absolute Gasteiger partial charge is 0.284 e. The lowest BCUT2D eigenvalue weighted by molar-refractivity contribution is 0.466. The van der Waals surface area contributed by atoms with Crippen molar-refractivity contribution in [2.24, 2.45) is 0 Å². The van der Waals surface area contributed by atoms with E-state index in [9.17, 15) is 8.42 Å². The molecular weight excluding hydrogens is 210 g/mol. The molecule has 1 aromatic heterocycles. The van der Waals surface area contributed by atoms with Gasteiger partial charge in [0.15, 0.2) is 4.08 Å². The van der Waals surface area contributed by atoms with E-state index in [1.54, 1.807) is 0 Å². The number of hydrogen-bond acceptors (Lipinski definition) is 4. The molecule has 0 bridgehead atoms. The first-order valence-electron chi connectivity index (χ1n) is 3.45. The summed E-state index contributed by atoms with van der Waals surface area (Å²) in [6.07, 6.45) is 2.88. The first-order chi connectivity index (χ1) is 5.86. The standard InChI is InChI=1S/C7H9NO3S2/c1-7(12,13(9,10)11)6-2-4-8-5-3-6/h2-5,12H,1H3,(H,9,10,11). The molecule has 1 N–H and O–H groups in total. The molecule has 1 aromatic rings. The maximum Gasteiger partial charge on any atom is 0.283 e. The van der Waals surface area contributed by atoms with Crippen LogP contribution in [0.5, 0.6) is 0 Å². The van der Waals surface area contributed by atoms with Crippen molar-refractivity contribution in [2.45, 2.75) is 11.0 Å². The van der Waals surface area contributed by atoms with Gasteiger partial charge < -0.3 is 0 Å². The zero-order chi connectivity index (χ0) is 10.1. The van der Waals surface area contributed by atoms with Crippen LogP contribution in [0.15, 0.2) is 24.5 Å². The molecule has 0 radical (unpaired) electrons. The number of hydrogen-bond donors (Lipinski definition) is 2. The lowest BCUT2D eigenvalue weighted by Crippen LogP contribution is -2.25. The summed E-state index contributed by atoms with van der Waals surface area (Å²) in [5.41, 5.74) is 0.383. The lowest BCUT2D eigenvalue weighted by atomic mass is 10.2. The van der Waals surface area contributed by atoms with Crippen molar-refractivity contribution in [1.29, 1.82) is 0 Å². The molecule has 0 aliphatic rings. The Morgan fingerprint density at radius 3 is 2.31 bits per heavy atom. The first kappa shape index (κ1) is 10.5. The van der Waals surface area contributed by atoms with E-state index in [1.165, 1.54) is 31.5 Å². The fraction of sp³-hybridized carbons (Fsp3) is 0.286. The van der Waals surface area contributed by atoms with E-state index in [4.69, 9.17) is 4.55 Å². The highest BCUT2D eigenvalue weighted by atomic mass is 32.3. The van der Waals surface area contributed by atoms with E-state index in [0.717, 1.165) is 0 Å². The van der Waals surface area contributed by atoms with E-state index in [-0.39, 0.29) is 0 Å². The minimum absolute atomic E-state index is 0.383. The van der Waals surface area contributed by atoms with Gasteiger partial charge in [-0.1, -0.05) is 0 Å². The van der Waals surface area contributed by atoms with Crippen molar-refractivity contribution in [3.8, 4) is 0 Å². The molecule has 0 spiro atoms. The van der Waals surface area contributed by atoms with Gasteiger partial charge in [0.25, 0.3) is 10.1 Å². The zero-order valence-corrected chi connectivity index (χ0v) is 8.59. The van der Waals surface area contributed by atoms with Crippen molar-refractivity contribution in [1.82, 2.24) is 4.98 Å². The predicted octanol–water partition coefficient (Wildman–Crippen LogP) is 1.07. The summed E-state index contributed by atoms with van der Waals surface area (Å²) in [6.45, 7) is 1.31. The molecule has 13 heavy (non-hydrogen) atoms. The molecule has 72 valence electrons.